The molecule has 19 heavy (non-hydrogen) atoms. The molecule has 8 heteroatoms. The summed E-state index contributed by atoms with van der Waals surface area (Å²) in [4.78, 5) is 14.7. The highest BCUT2D eigenvalue weighted by Gasteiger charge is 2.26. The second-order valence-corrected chi connectivity index (χ2v) is 5.54. The molecule has 1 aromatic heterocycles. The van der Waals surface area contributed by atoms with E-state index in [0.29, 0.717) is 0 Å². The zero-order valence-corrected chi connectivity index (χ0v) is 11.7. The highest BCUT2D eigenvalue weighted by molar-refractivity contribution is 7.91. The number of pyridine rings is 1. The first-order valence-electron chi connectivity index (χ1n) is 5.32. The van der Waals surface area contributed by atoms with E-state index in [1.165, 1.54) is 33.6 Å². The van der Waals surface area contributed by atoms with Gasteiger partial charge in [-0.2, -0.15) is 0 Å². The number of hydrogen-bond donors (Lipinski definition) is 0. The second kappa shape index (κ2) is 6.37. The monoisotopic (exact) mass is 289 g/mol. The van der Waals surface area contributed by atoms with Crippen molar-refractivity contribution in [2.45, 2.75) is 11.3 Å². The van der Waals surface area contributed by atoms with Gasteiger partial charge in [0, 0.05) is 12.3 Å². The molecule has 7 nitrogen and oxygen atoms in total. The van der Waals surface area contributed by atoms with E-state index < -0.39 is 21.6 Å². The third kappa shape index (κ3) is 3.57. The van der Waals surface area contributed by atoms with E-state index >= 15 is 0 Å². The van der Waals surface area contributed by atoms with E-state index in [4.69, 9.17) is 9.47 Å². The van der Waals surface area contributed by atoms with Gasteiger partial charge in [0.25, 0.3) is 0 Å². The molecule has 0 unspecified atom stereocenters. The third-order valence-electron chi connectivity index (χ3n) is 2.36. The van der Waals surface area contributed by atoms with Crippen LogP contribution in [0.2, 0.25) is 0 Å². The molecule has 0 radical (unpaired) electrons. The van der Waals surface area contributed by atoms with Crippen molar-refractivity contribution in [3.05, 3.63) is 12.3 Å². The lowest BCUT2D eigenvalue weighted by Gasteiger charge is -2.11. The Morgan fingerprint density at radius 2 is 1.95 bits per heavy atom. The molecule has 0 saturated heterocycles. The summed E-state index contributed by atoms with van der Waals surface area (Å²) in [5.41, 5.74) is 0. The number of methoxy groups -OCH3 is 3. The van der Waals surface area contributed by atoms with Crippen molar-refractivity contribution >= 4 is 15.8 Å². The first-order chi connectivity index (χ1) is 8.96. The number of aromatic nitrogens is 1. The summed E-state index contributed by atoms with van der Waals surface area (Å²) in [5.74, 6) is -0.954. The third-order valence-corrected chi connectivity index (χ3v) is 4.10. The van der Waals surface area contributed by atoms with Gasteiger partial charge in [0.15, 0.2) is 14.7 Å². The summed E-state index contributed by atoms with van der Waals surface area (Å²) in [5, 5.41) is 0. The van der Waals surface area contributed by atoms with Crippen LogP contribution in [0.1, 0.15) is 6.42 Å². The van der Waals surface area contributed by atoms with E-state index in [-0.39, 0.29) is 22.9 Å². The number of esters is 1. The van der Waals surface area contributed by atoms with Crippen LogP contribution in [0.25, 0.3) is 0 Å². The van der Waals surface area contributed by atoms with E-state index in [2.05, 4.69) is 9.72 Å². The van der Waals surface area contributed by atoms with Crippen molar-refractivity contribution in [1.82, 2.24) is 4.98 Å². The zero-order chi connectivity index (χ0) is 14.5. The summed E-state index contributed by atoms with van der Waals surface area (Å²) in [6.45, 7) is 0. The van der Waals surface area contributed by atoms with Gasteiger partial charge in [-0.3, -0.25) is 4.79 Å². The van der Waals surface area contributed by atoms with Crippen LogP contribution < -0.4 is 9.47 Å². The molecule has 0 aliphatic heterocycles. The van der Waals surface area contributed by atoms with Crippen molar-refractivity contribution in [3.8, 4) is 11.6 Å². The molecule has 1 rings (SSSR count). The van der Waals surface area contributed by atoms with Gasteiger partial charge in [-0.15, -0.1) is 0 Å². The Kier molecular flexibility index (Phi) is 5.11. The molecule has 0 amide bonds. The number of sulfone groups is 1. The Morgan fingerprint density at radius 3 is 2.47 bits per heavy atom. The van der Waals surface area contributed by atoms with Crippen molar-refractivity contribution in [3.63, 3.8) is 0 Å². The van der Waals surface area contributed by atoms with E-state index in [0.717, 1.165) is 0 Å². The van der Waals surface area contributed by atoms with Crippen LogP contribution in [0, 0.1) is 0 Å². The van der Waals surface area contributed by atoms with E-state index in [1.54, 1.807) is 0 Å². The highest BCUT2D eigenvalue weighted by atomic mass is 32.2. The first-order valence-corrected chi connectivity index (χ1v) is 6.98. The van der Waals surface area contributed by atoms with Gasteiger partial charge in [-0.1, -0.05) is 0 Å². The molecule has 0 aliphatic rings. The SMILES string of the molecule is COC(=O)CCS(=O)(=O)c1c(OC)ccnc1OC. The number of carbonyl (C=O) groups excluding carboxylic acids is 1. The van der Waals surface area contributed by atoms with Crippen LogP contribution in [-0.4, -0.2) is 46.5 Å². The number of nitrogens with zero attached hydrogens (tertiary/aromatic N) is 1. The Morgan fingerprint density at radius 1 is 1.26 bits per heavy atom. The normalized spacial score (nSPS) is 10.9. The van der Waals surface area contributed by atoms with Crippen molar-refractivity contribution in [2.75, 3.05) is 27.1 Å². The maximum atomic E-state index is 12.2. The van der Waals surface area contributed by atoms with Crippen LogP contribution >= 0.6 is 0 Å². The number of hydrogen-bond acceptors (Lipinski definition) is 7. The quantitative estimate of drug-likeness (QED) is 0.701. The molecule has 1 aromatic rings. The Labute approximate surface area is 111 Å². The summed E-state index contributed by atoms with van der Waals surface area (Å²) in [6, 6.07) is 1.41. The fourth-order valence-corrected chi connectivity index (χ4v) is 2.93. The Balaban J connectivity index is 3.16. The minimum Gasteiger partial charge on any atom is -0.495 e. The molecular weight excluding hydrogens is 274 g/mol. The van der Waals surface area contributed by atoms with Crippen LogP contribution in [-0.2, 0) is 19.4 Å². The number of carbonyl (C=O) groups is 1. The fourth-order valence-electron chi connectivity index (χ4n) is 1.43. The maximum absolute atomic E-state index is 12.2. The molecule has 0 atom stereocenters. The Hall–Kier alpha value is -1.83. The smallest absolute Gasteiger partial charge is 0.306 e. The number of rotatable bonds is 6. The van der Waals surface area contributed by atoms with Crippen LogP contribution in [0.5, 0.6) is 11.6 Å². The molecule has 0 fully saturated rings. The average Bonchev–Trinajstić information content (AvgIpc) is 2.43. The maximum Gasteiger partial charge on any atom is 0.306 e. The van der Waals surface area contributed by atoms with Gasteiger partial charge >= 0.3 is 5.97 Å². The second-order valence-electron chi connectivity index (χ2n) is 3.50. The van der Waals surface area contributed by atoms with E-state index in [9.17, 15) is 13.2 Å². The van der Waals surface area contributed by atoms with Gasteiger partial charge < -0.3 is 14.2 Å². The largest absolute Gasteiger partial charge is 0.495 e. The van der Waals surface area contributed by atoms with Crippen molar-refractivity contribution in [1.29, 1.82) is 0 Å². The summed E-state index contributed by atoms with van der Waals surface area (Å²) in [7, 11) is 0.0784. The van der Waals surface area contributed by atoms with Gasteiger partial charge in [0.05, 0.1) is 33.5 Å². The lowest BCUT2D eigenvalue weighted by molar-refractivity contribution is -0.140. The zero-order valence-electron chi connectivity index (χ0n) is 10.9. The minimum atomic E-state index is -3.76. The van der Waals surface area contributed by atoms with Gasteiger partial charge in [0.2, 0.25) is 5.88 Å². The lowest BCUT2D eigenvalue weighted by atomic mass is 10.4. The number of ether oxygens (including phenoxy) is 3. The van der Waals surface area contributed by atoms with Crippen LogP contribution in [0.3, 0.4) is 0 Å². The van der Waals surface area contributed by atoms with E-state index in [1.807, 2.05) is 0 Å². The molecule has 0 aliphatic carbocycles. The van der Waals surface area contributed by atoms with Gasteiger partial charge in [-0.05, 0) is 0 Å². The van der Waals surface area contributed by atoms with Gasteiger partial charge in [-0.25, -0.2) is 13.4 Å². The lowest BCUT2D eigenvalue weighted by Crippen LogP contribution is -2.14. The molecule has 1 heterocycles. The molecule has 0 N–H and O–H groups in total. The predicted molar refractivity (Wildman–Crippen MR) is 66.0 cm³/mol. The van der Waals surface area contributed by atoms with Crippen molar-refractivity contribution in [2.24, 2.45) is 0 Å². The molecular formula is C11H15NO6S. The first kappa shape index (κ1) is 15.2. The molecule has 106 valence electrons. The topological polar surface area (TPSA) is 91.8 Å². The Bertz CT molecular complexity index is 532. The molecule has 0 aromatic carbocycles. The van der Waals surface area contributed by atoms with Crippen LogP contribution in [0.4, 0.5) is 0 Å². The summed E-state index contributed by atoms with van der Waals surface area (Å²) < 4.78 is 38.7. The van der Waals surface area contributed by atoms with Crippen LogP contribution in [0.15, 0.2) is 17.2 Å². The predicted octanol–water partition coefficient (Wildman–Crippen LogP) is 0.436. The standard InChI is InChI=1S/C11H15NO6S/c1-16-8-4-6-12-11(18-3)10(8)19(14,15)7-5-9(13)17-2/h4,6H,5,7H2,1-3H3. The fraction of sp³-hybridized carbons (Fsp3) is 0.455. The molecule has 0 bridgehead atoms. The summed E-state index contributed by atoms with van der Waals surface area (Å²) in [6.07, 6.45) is 1.12. The molecule has 0 saturated carbocycles. The molecule has 0 spiro atoms. The highest BCUT2D eigenvalue weighted by Crippen LogP contribution is 2.31. The van der Waals surface area contributed by atoms with Crippen molar-refractivity contribution < 1.29 is 27.4 Å². The van der Waals surface area contributed by atoms with Gasteiger partial charge in [0.1, 0.15) is 5.75 Å². The minimum absolute atomic E-state index is 0.0655. The summed E-state index contributed by atoms with van der Waals surface area (Å²) >= 11 is 0. The average molecular weight is 289 g/mol.